The van der Waals surface area contributed by atoms with Crippen molar-refractivity contribution < 1.29 is 9.84 Å². The Morgan fingerprint density at radius 1 is 1.57 bits per heavy atom. The topological polar surface area (TPSA) is 81.5 Å². The van der Waals surface area contributed by atoms with Gasteiger partial charge in [0.15, 0.2) is 11.5 Å². The lowest BCUT2D eigenvalue weighted by Gasteiger charge is -2.12. The molecule has 78 valence electrons. The van der Waals surface area contributed by atoms with E-state index in [2.05, 4.69) is 15.9 Å². The molecule has 5 heteroatoms. The Kier molecular flexibility index (Phi) is 3.74. The van der Waals surface area contributed by atoms with Gasteiger partial charge in [-0.25, -0.2) is 0 Å². The molecule has 0 aromatic heterocycles. The lowest BCUT2D eigenvalue weighted by atomic mass is 10.1. The standard InChI is InChI=1S/C9H13BrN2O2/c1-14-8-3-5(7(12)4-11)2-6(10)9(8)13/h2-3,7,13H,4,11-12H2,1H3/t7-/m0/s1. The van der Waals surface area contributed by atoms with Crippen molar-refractivity contribution in [2.24, 2.45) is 11.5 Å². The number of methoxy groups -OCH3 is 1. The van der Waals surface area contributed by atoms with Gasteiger partial charge in [-0.05, 0) is 33.6 Å². The minimum absolute atomic E-state index is 0.0699. The van der Waals surface area contributed by atoms with Crippen LogP contribution in [0, 0.1) is 0 Å². The summed E-state index contributed by atoms with van der Waals surface area (Å²) in [6.45, 7) is 0.348. The zero-order chi connectivity index (χ0) is 10.7. The first-order valence-corrected chi connectivity index (χ1v) is 4.91. The molecule has 4 nitrogen and oxygen atoms in total. The molecule has 1 aromatic carbocycles. The Balaban J connectivity index is 3.16. The van der Waals surface area contributed by atoms with Gasteiger partial charge in [-0.1, -0.05) is 0 Å². The second-order valence-corrected chi connectivity index (χ2v) is 3.75. The zero-order valence-corrected chi connectivity index (χ0v) is 9.41. The fourth-order valence-electron chi connectivity index (χ4n) is 1.10. The van der Waals surface area contributed by atoms with E-state index < -0.39 is 0 Å². The molecule has 0 radical (unpaired) electrons. The van der Waals surface area contributed by atoms with Gasteiger partial charge in [0.05, 0.1) is 11.6 Å². The first-order chi connectivity index (χ1) is 6.60. The van der Waals surface area contributed by atoms with Crippen molar-refractivity contribution in [3.8, 4) is 11.5 Å². The van der Waals surface area contributed by atoms with Crippen molar-refractivity contribution in [1.82, 2.24) is 0 Å². The molecule has 0 unspecified atom stereocenters. The van der Waals surface area contributed by atoms with E-state index in [1.807, 2.05) is 0 Å². The maximum absolute atomic E-state index is 9.53. The number of halogens is 1. The van der Waals surface area contributed by atoms with Crippen molar-refractivity contribution in [3.05, 3.63) is 22.2 Å². The van der Waals surface area contributed by atoms with Gasteiger partial charge in [0.2, 0.25) is 0 Å². The van der Waals surface area contributed by atoms with Crippen LogP contribution in [-0.2, 0) is 0 Å². The highest BCUT2D eigenvalue weighted by Crippen LogP contribution is 2.36. The quantitative estimate of drug-likeness (QED) is 0.761. The normalized spacial score (nSPS) is 12.6. The molecule has 1 aromatic rings. The average Bonchev–Trinajstić information content (AvgIpc) is 2.20. The minimum Gasteiger partial charge on any atom is -0.503 e. The molecule has 5 N–H and O–H groups in total. The molecule has 0 heterocycles. The van der Waals surface area contributed by atoms with Gasteiger partial charge in [-0.2, -0.15) is 0 Å². The number of ether oxygens (including phenoxy) is 1. The predicted molar refractivity (Wildman–Crippen MR) is 58.3 cm³/mol. The monoisotopic (exact) mass is 260 g/mol. The van der Waals surface area contributed by atoms with Crippen molar-refractivity contribution in [2.45, 2.75) is 6.04 Å². The maximum Gasteiger partial charge on any atom is 0.172 e. The van der Waals surface area contributed by atoms with Crippen LogP contribution in [0.4, 0.5) is 0 Å². The molecule has 1 rings (SSSR count). The third-order valence-electron chi connectivity index (χ3n) is 1.95. The fraction of sp³-hybridized carbons (Fsp3) is 0.333. The smallest absolute Gasteiger partial charge is 0.172 e. The molecule has 14 heavy (non-hydrogen) atoms. The Bertz CT molecular complexity index is 331. The van der Waals surface area contributed by atoms with Gasteiger partial charge in [0.25, 0.3) is 0 Å². The lowest BCUT2D eigenvalue weighted by Crippen LogP contribution is -2.20. The van der Waals surface area contributed by atoms with Gasteiger partial charge >= 0.3 is 0 Å². The summed E-state index contributed by atoms with van der Waals surface area (Å²) in [6, 6.07) is 3.16. The first-order valence-electron chi connectivity index (χ1n) is 4.12. The molecular formula is C9H13BrN2O2. The van der Waals surface area contributed by atoms with Crippen LogP contribution in [0.15, 0.2) is 16.6 Å². The van der Waals surface area contributed by atoms with Gasteiger partial charge in [0.1, 0.15) is 0 Å². The zero-order valence-electron chi connectivity index (χ0n) is 7.83. The highest BCUT2D eigenvalue weighted by atomic mass is 79.9. The highest BCUT2D eigenvalue weighted by molar-refractivity contribution is 9.10. The first kappa shape index (κ1) is 11.3. The maximum atomic E-state index is 9.53. The number of rotatable bonds is 3. The van der Waals surface area contributed by atoms with Crippen LogP contribution >= 0.6 is 15.9 Å². The largest absolute Gasteiger partial charge is 0.503 e. The van der Waals surface area contributed by atoms with Gasteiger partial charge in [-0.3, -0.25) is 0 Å². The van der Waals surface area contributed by atoms with Gasteiger partial charge in [-0.15, -0.1) is 0 Å². The van der Waals surface area contributed by atoms with Crippen LogP contribution in [0.2, 0.25) is 0 Å². The summed E-state index contributed by atoms with van der Waals surface area (Å²) in [6.07, 6.45) is 0. The number of nitrogens with two attached hydrogens (primary N) is 2. The predicted octanol–water partition coefficient (Wildman–Crippen LogP) is 1.12. The molecule has 0 amide bonds. The van der Waals surface area contributed by atoms with Crippen molar-refractivity contribution in [1.29, 1.82) is 0 Å². The van der Waals surface area contributed by atoms with E-state index in [1.165, 1.54) is 7.11 Å². The van der Waals surface area contributed by atoms with Crippen molar-refractivity contribution in [3.63, 3.8) is 0 Å². The van der Waals surface area contributed by atoms with Crippen molar-refractivity contribution >= 4 is 15.9 Å². The van der Waals surface area contributed by atoms with Gasteiger partial charge < -0.3 is 21.3 Å². The summed E-state index contributed by atoms with van der Waals surface area (Å²) in [4.78, 5) is 0. The van der Waals surface area contributed by atoms with E-state index in [0.29, 0.717) is 16.8 Å². The minimum atomic E-state index is -0.249. The van der Waals surface area contributed by atoms with Crippen LogP contribution in [-0.4, -0.2) is 18.8 Å². The third-order valence-corrected chi connectivity index (χ3v) is 2.56. The van der Waals surface area contributed by atoms with E-state index in [9.17, 15) is 5.11 Å². The Labute approximate surface area is 91.0 Å². The molecule has 1 atom stereocenters. The second-order valence-electron chi connectivity index (χ2n) is 2.90. The summed E-state index contributed by atoms with van der Waals surface area (Å²) >= 11 is 3.21. The van der Waals surface area contributed by atoms with Crippen LogP contribution < -0.4 is 16.2 Å². The second kappa shape index (κ2) is 4.63. The van der Waals surface area contributed by atoms with E-state index in [1.54, 1.807) is 12.1 Å². The molecule has 0 aliphatic carbocycles. The molecule has 0 saturated carbocycles. The van der Waals surface area contributed by atoms with Crippen LogP contribution in [0.25, 0.3) is 0 Å². The fourth-order valence-corrected chi connectivity index (χ4v) is 1.56. The Hall–Kier alpha value is -0.780. The highest BCUT2D eigenvalue weighted by Gasteiger charge is 2.11. The summed E-state index contributed by atoms with van der Waals surface area (Å²) in [5.74, 6) is 0.457. The number of phenolic OH excluding ortho intramolecular Hbond substituents is 1. The molecule has 0 saturated heterocycles. The molecule has 0 aliphatic heterocycles. The SMILES string of the molecule is COc1cc([C@@H](N)CN)cc(Br)c1O. The number of phenols is 1. The summed E-state index contributed by atoms with van der Waals surface area (Å²) in [5.41, 5.74) is 12.0. The molecule has 0 aliphatic rings. The number of hydrogen-bond donors (Lipinski definition) is 3. The molecule has 0 spiro atoms. The van der Waals surface area contributed by atoms with E-state index >= 15 is 0 Å². The van der Waals surface area contributed by atoms with E-state index in [4.69, 9.17) is 16.2 Å². The third kappa shape index (κ3) is 2.17. The number of aromatic hydroxyl groups is 1. The summed E-state index contributed by atoms with van der Waals surface area (Å²) in [5, 5.41) is 9.53. The lowest BCUT2D eigenvalue weighted by molar-refractivity contribution is 0.371. The van der Waals surface area contributed by atoms with E-state index in [0.717, 1.165) is 5.56 Å². The molecular weight excluding hydrogens is 248 g/mol. The van der Waals surface area contributed by atoms with Gasteiger partial charge in [0, 0.05) is 12.6 Å². The van der Waals surface area contributed by atoms with Crippen molar-refractivity contribution in [2.75, 3.05) is 13.7 Å². The average molecular weight is 261 g/mol. The summed E-state index contributed by atoms with van der Waals surface area (Å²) in [7, 11) is 1.49. The summed E-state index contributed by atoms with van der Waals surface area (Å²) < 4.78 is 5.54. The van der Waals surface area contributed by atoms with E-state index in [-0.39, 0.29) is 11.8 Å². The Morgan fingerprint density at radius 2 is 2.21 bits per heavy atom. The number of hydrogen-bond acceptors (Lipinski definition) is 4. The van der Waals surface area contributed by atoms with Crippen LogP contribution in [0.1, 0.15) is 11.6 Å². The van der Waals surface area contributed by atoms with Crippen LogP contribution in [0.5, 0.6) is 11.5 Å². The van der Waals surface area contributed by atoms with Crippen LogP contribution in [0.3, 0.4) is 0 Å². The molecule has 0 fully saturated rings. The number of benzene rings is 1. The Morgan fingerprint density at radius 3 is 2.71 bits per heavy atom. The molecule has 0 bridgehead atoms.